The van der Waals surface area contributed by atoms with Gasteiger partial charge in [-0.15, -0.1) is 24.8 Å². The van der Waals surface area contributed by atoms with Crippen molar-refractivity contribution in [2.75, 3.05) is 26.2 Å². The van der Waals surface area contributed by atoms with E-state index in [9.17, 15) is 35.9 Å². The summed E-state index contributed by atoms with van der Waals surface area (Å²) in [7, 11) is 0. The van der Waals surface area contributed by atoms with E-state index in [4.69, 9.17) is 0 Å². The van der Waals surface area contributed by atoms with Crippen LogP contribution in [0.1, 0.15) is 81.7 Å². The third-order valence-corrected chi connectivity index (χ3v) is 8.22. The van der Waals surface area contributed by atoms with Gasteiger partial charge < -0.3 is 20.4 Å². The number of nitrogens with zero attached hydrogens (tertiary/aromatic N) is 2. The molecule has 2 fully saturated rings. The molecule has 2 aromatic rings. The number of benzene rings is 2. The molecule has 42 heavy (non-hydrogen) atoms. The van der Waals surface area contributed by atoms with Gasteiger partial charge in [0.15, 0.2) is 0 Å². The maximum Gasteiger partial charge on any atom is 0.417 e. The molecule has 0 spiro atoms. The van der Waals surface area contributed by atoms with Gasteiger partial charge in [0.2, 0.25) is 0 Å². The number of hydrogen-bond donors (Lipinski definition) is 2. The lowest BCUT2D eigenvalue weighted by molar-refractivity contribution is -0.138. The number of amides is 2. The average Bonchev–Trinajstić information content (AvgIpc) is 3.39. The third kappa shape index (κ3) is 5.70. The highest BCUT2D eigenvalue weighted by molar-refractivity contribution is 6.01. The first kappa shape index (κ1) is 34.0. The van der Waals surface area contributed by atoms with Crippen molar-refractivity contribution in [3.05, 3.63) is 69.8 Å². The summed E-state index contributed by atoms with van der Waals surface area (Å²) in [5.74, 6) is -0.976. The summed E-state index contributed by atoms with van der Waals surface area (Å²) in [5, 5.41) is 6.57. The van der Waals surface area contributed by atoms with Gasteiger partial charge in [-0.25, -0.2) is 0 Å². The van der Waals surface area contributed by atoms with Crippen molar-refractivity contribution in [3.8, 4) is 0 Å². The quantitative estimate of drug-likeness (QED) is 0.395. The molecule has 2 amide bonds. The van der Waals surface area contributed by atoms with E-state index in [1.807, 2.05) is 13.8 Å². The number of halogens is 8. The van der Waals surface area contributed by atoms with Crippen molar-refractivity contribution < 1.29 is 35.9 Å². The molecule has 0 unspecified atom stereocenters. The molecule has 2 saturated heterocycles. The van der Waals surface area contributed by atoms with Crippen LogP contribution in [0.15, 0.2) is 36.4 Å². The number of carbonyl (C=O) groups is 2. The second-order valence-corrected chi connectivity index (χ2v) is 10.4. The number of alkyl halides is 6. The standard InChI is InChI=1S/2C14H15F3N2O.2ClH/c2*1-2-10-12-8-4-3-5-9(14(15,16)17)11(8)13(20)19(12)7-6-18-10;;/h2*3-5,10,12,18H,2,6-7H2,1H3;2*1H/t2*10-,12+;;/m10../s1. The SMILES string of the molecule is CC[C@@H]1NCCN2C(=O)c3c(cccc3C(F)(F)F)[C@H]12.CC[C@H]1NCCN2C(=O)c3c(cccc3C(F)(F)F)[C@@H]12.Cl.Cl. The number of hydrogen-bond acceptors (Lipinski definition) is 4. The largest absolute Gasteiger partial charge is 0.417 e. The summed E-state index contributed by atoms with van der Waals surface area (Å²) in [6.07, 6.45) is -7.45. The molecule has 6 nitrogen and oxygen atoms in total. The van der Waals surface area contributed by atoms with E-state index in [1.165, 1.54) is 12.1 Å². The van der Waals surface area contributed by atoms with Crippen LogP contribution in [0.3, 0.4) is 0 Å². The van der Waals surface area contributed by atoms with Crippen LogP contribution >= 0.6 is 24.8 Å². The van der Waals surface area contributed by atoms with Gasteiger partial charge in [-0.1, -0.05) is 38.1 Å². The van der Waals surface area contributed by atoms with Crippen LogP contribution in [0.5, 0.6) is 0 Å². The fourth-order valence-electron chi connectivity index (χ4n) is 6.51. The summed E-state index contributed by atoms with van der Waals surface area (Å²) in [6.45, 7) is 6.08. The van der Waals surface area contributed by atoms with Crippen LogP contribution in [-0.4, -0.2) is 59.9 Å². The molecule has 2 aromatic carbocycles. The van der Waals surface area contributed by atoms with E-state index in [1.54, 1.807) is 21.9 Å². The zero-order valence-electron chi connectivity index (χ0n) is 22.8. The number of nitrogens with one attached hydrogen (secondary N) is 2. The second kappa shape index (κ2) is 12.6. The molecule has 0 saturated carbocycles. The topological polar surface area (TPSA) is 64.7 Å². The maximum atomic E-state index is 13.1. The Kier molecular flexibility index (Phi) is 10.2. The minimum absolute atomic E-state index is 0. The molecular weight excluding hydrogens is 609 g/mol. The van der Waals surface area contributed by atoms with E-state index >= 15 is 0 Å². The van der Waals surface area contributed by atoms with Crippen molar-refractivity contribution in [1.82, 2.24) is 20.4 Å². The Morgan fingerprint density at radius 1 is 0.690 bits per heavy atom. The summed E-state index contributed by atoms with van der Waals surface area (Å²) in [5.41, 5.74) is -0.944. The van der Waals surface area contributed by atoms with Crippen molar-refractivity contribution in [2.24, 2.45) is 0 Å². The molecule has 6 rings (SSSR count). The van der Waals surface area contributed by atoms with Gasteiger partial charge in [-0.3, -0.25) is 9.59 Å². The number of carbonyl (C=O) groups excluding carboxylic acids is 2. The first-order chi connectivity index (χ1) is 18.9. The predicted molar refractivity (Wildman–Crippen MR) is 149 cm³/mol. The lowest BCUT2D eigenvalue weighted by Gasteiger charge is -2.37. The van der Waals surface area contributed by atoms with Gasteiger partial charge in [0.1, 0.15) is 0 Å². The Morgan fingerprint density at radius 3 is 1.36 bits per heavy atom. The fraction of sp³-hybridized carbons (Fsp3) is 0.500. The van der Waals surface area contributed by atoms with Crippen molar-refractivity contribution in [3.63, 3.8) is 0 Å². The monoisotopic (exact) mass is 640 g/mol. The Labute approximate surface area is 252 Å². The Morgan fingerprint density at radius 2 is 1.05 bits per heavy atom. The van der Waals surface area contributed by atoms with E-state index in [0.29, 0.717) is 37.3 Å². The molecule has 0 aliphatic carbocycles. The average molecular weight is 641 g/mol. The summed E-state index contributed by atoms with van der Waals surface area (Å²) in [6, 6.07) is 7.50. The lowest BCUT2D eigenvalue weighted by atomic mass is 9.93. The van der Waals surface area contributed by atoms with Crippen LogP contribution in [0.4, 0.5) is 26.3 Å². The molecule has 0 bridgehead atoms. The smallest absolute Gasteiger partial charge is 0.329 e. The van der Waals surface area contributed by atoms with Gasteiger partial charge in [0.25, 0.3) is 11.8 Å². The normalized spacial score (nSPS) is 24.4. The van der Waals surface area contributed by atoms with Crippen LogP contribution in [0.2, 0.25) is 0 Å². The molecule has 14 heteroatoms. The summed E-state index contributed by atoms with van der Waals surface area (Å²) in [4.78, 5) is 27.9. The lowest BCUT2D eigenvalue weighted by Crippen LogP contribution is -2.51. The Balaban J connectivity index is 0.000000220. The first-order valence-corrected chi connectivity index (χ1v) is 13.4. The molecule has 2 N–H and O–H groups in total. The molecule has 0 radical (unpaired) electrons. The Hall–Kier alpha value is -2.54. The molecule has 4 heterocycles. The first-order valence-electron chi connectivity index (χ1n) is 13.4. The van der Waals surface area contributed by atoms with Gasteiger partial charge in [0, 0.05) is 38.3 Å². The van der Waals surface area contributed by atoms with Crippen LogP contribution in [0, 0.1) is 0 Å². The molecule has 0 aromatic heterocycles. The van der Waals surface area contributed by atoms with Gasteiger partial charge in [-0.05, 0) is 36.1 Å². The van der Waals surface area contributed by atoms with Gasteiger partial charge in [0.05, 0.1) is 34.3 Å². The van der Waals surface area contributed by atoms with Gasteiger partial charge in [-0.2, -0.15) is 26.3 Å². The van der Waals surface area contributed by atoms with E-state index in [2.05, 4.69) is 10.6 Å². The molecule has 232 valence electrons. The number of rotatable bonds is 2. The van der Waals surface area contributed by atoms with Crippen molar-refractivity contribution >= 4 is 36.6 Å². The van der Waals surface area contributed by atoms with Crippen LogP contribution in [0.25, 0.3) is 0 Å². The van der Waals surface area contributed by atoms with Gasteiger partial charge >= 0.3 is 12.4 Å². The van der Waals surface area contributed by atoms with E-state index in [0.717, 1.165) is 25.0 Å². The van der Waals surface area contributed by atoms with Crippen molar-refractivity contribution in [2.45, 2.75) is 63.2 Å². The van der Waals surface area contributed by atoms with Crippen LogP contribution in [-0.2, 0) is 12.4 Å². The predicted octanol–water partition coefficient (Wildman–Crippen LogP) is 6.01. The third-order valence-electron chi connectivity index (χ3n) is 8.22. The summed E-state index contributed by atoms with van der Waals surface area (Å²) >= 11 is 0. The highest BCUT2D eigenvalue weighted by Crippen LogP contribution is 2.45. The summed E-state index contributed by atoms with van der Waals surface area (Å²) < 4.78 is 78.5. The zero-order chi connectivity index (χ0) is 29.0. The van der Waals surface area contributed by atoms with E-state index < -0.39 is 35.3 Å². The number of piperazine rings is 2. The van der Waals surface area contributed by atoms with Crippen molar-refractivity contribution in [1.29, 1.82) is 0 Å². The minimum Gasteiger partial charge on any atom is -0.329 e. The second-order valence-electron chi connectivity index (χ2n) is 10.4. The maximum absolute atomic E-state index is 13.1. The van der Waals surface area contributed by atoms with E-state index in [-0.39, 0.29) is 60.1 Å². The molecule has 4 aliphatic heterocycles. The molecular formula is C28H32Cl2F6N4O2. The number of fused-ring (bicyclic) bond motifs is 6. The minimum atomic E-state index is -4.50. The zero-order valence-corrected chi connectivity index (χ0v) is 24.4. The highest BCUT2D eigenvalue weighted by atomic mass is 35.5. The molecule has 4 atom stereocenters. The fourth-order valence-corrected chi connectivity index (χ4v) is 6.51. The highest BCUT2D eigenvalue weighted by Gasteiger charge is 2.49. The Bertz CT molecular complexity index is 1220. The van der Waals surface area contributed by atoms with Crippen LogP contribution < -0.4 is 10.6 Å². The molecule has 4 aliphatic rings.